The first-order valence-electron chi connectivity index (χ1n) is 10.0. The molecular weight excluding hydrogens is 387 g/mol. The van der Waals surface area contributed by atoms with Gasteiger partial charge in [0.05, 0.1) is 0 Å². The van der Waals surface area contributed by atoms with E-state index in [1.54, 1.807) is 0 Å². The topological polar surface area (TPSA) is 119 Å². The van der Waals surface area contributed by atoms with Crippen LogP contribution >= 0.6 is 0 Å². The minimum atomic E-state index is 0. The van der Waals surface area contributed by atoms with Gasteiger partial charge in [-0.05, 0) is 0 Å². The van der Waals surface area contributed by atoms with Crippen molar-refractivity contribution in [3.05, 3.63) is 45.2 Å². The van der Waals surface area contributed by atoms with Gasteiger partial charge >= 0.3 is 16.8 Å². The quantitative estimate of drug-likeness (QED) is 0.661. The number of rotatable bonds is 3. The van der Waals surface area contributed by atoms with Crippen molar-refractivity contribution in [1.29, 1.82) is 0 Å². The Bertz CT molecular complexity index is 483. The summed E-state index contributed by atoms with van der Waals surface area (Å²) < 4.78 is 0. The van der Waals surface area contributed by atoms with E-state index in [1.165, 1.54) is 57.1 Å². The first kappa shape index (κ1) is 24.6. The molecule has 5 unspecified atom stereocenters. The van der Waals surface area contributed by atoms with Gasteiger partial charge in [0.15, 0.2) is 0 Å². The van der Waals surface area contributed by atoms with Crippen molar-refractivity contribution in [2.24, 2.45) is 0 Å². The molecule has 0 spiro atoms. The molecule has 3 saturated heterocycles. The standard InChI is InChI=1S/C20H30N4.Co.2H2O/c1-3-13-21-15(7-1)17-9-5-11-19(23-17)20-12-6-10-18(24-20)16-8-2-4-14-22-16;;;/h1,3,7,16-20H,2,4-6,8-14H2;;2*1H2/q-4;+2;;. The van der Waals surface area contributed by atoms with Gasteiger partial charge in [-0.15, -0.1) is 25.2 Å². The minimum Gasteiger partial charge on any atom is -0.686 e. The molecule has 4 N–H and O–H groups in total. The second kappa shape index (κ2) is 12.2. The van der Waals surface area contributed by atoms with Gasteiger partial charge in [-0.3, -0.25) is 0 Å². The smallest absolute Gasteiger partial charge is 0.686 e. The van der Waals surface area contributed by atoms with Crippen LogP contribution in [-0.2, 0) is 16.8 Å². The monoisotopic (exact) mass is 421 g/mol. The Kier molecular flexibility index (Phi) is 11.1. The van der Waals surface area contributed by atoms with E-state index < -0.39 is 0 Å². The fraction of sp³-hybridized carbons (Fsp3) is 0.800. The van der Waals surface area contributed by atoms with Crippen molar-refractivity contribution >= 4 is 0 Å². The van der Waals surface area contributed by atoms with Gasteiger partial charge in [0.25, 0.3) is 0 Å². The van der Waals surface area contributed by atoms with E-state index in [-0.39, 0.29) is 27.7 Å². The third-order valence-corrected chi connectivity index (χ3v) is 6.02. The van der Waals surface area contributed by atoms with Crippen LogP contribution in [0.25, 0.3) is 21.3 Å². The van der Waals surface area contributed by atoms with Crippen molar-refractivity contribution < 1.29 is 27.7 Å². The summed E-state index contributed by atoms with van der Waals surface area (Å²) in [6.07, 6.45) is 17.7. The molecule has 3 fully saturated rings. The van der Waals surface area contributed by atoms with E-state index in [0.717, 1.165) is 19.5 Å². The number of piperidine rings is 3. The summed E-state index contributed by atoms with van der Waals surface area (Å²) in [4.78, 5) is 0. The number of nitrogens with zero attached hydrogens (tertiary/aromatic N) is 4. The van der Waals surface area contributed by atoms with Crippen molar-refractivity contribution in [2.45, 2.75) is 88.0 Å². The van der Waals surface area contributed by atoms with Crippen LogP contribution in [0.5, 0.6) is 0 Å². The van der Waals surface area contributed by atoms with Crippen LogP contribution in [0.3, 0.4) is 0 Å². The van der Waals surface area contributed by atoms with Gasteiger partial charge in [-0.25, -0.2) is 0 Å². The molecule has 4 heterocycles. The Hall–Kier alpha value is -0.414. The van der Waals surface area contributed by atoms with Crippen LogP contribution < -0.4 is 0 Å². The predicted octanol–water partition coefficient (Wildman–Crippen LogP) is 3.68. The van der Waals surface area contributed by atoms with Crippen LogP contribution in [0.2, 0.25) is 0 Å². The molecule has 0 bridgehead atoms. The van der Waals surface area contributed by atoms with E-state index in [9.17, 15) is 0 Å². The van der Waals surface area contributed by atoms with Crippen molar-refractivity contribution in [3.8, 4) is 0 Å². The van der Waals surface area contributed by atoms with E-state index >= 15 is 0 Å². The molecule has 4 aliphatic rings. The average molecular weight is 421 g/mol. The molecule has 0 aliphatic carbocycles. The van der Waals surface area contributed by atoms with Crippen molar-refractivity contribution in [3.63, 3.8) is 0 Å². The molecule has 157 valence electrons. The van der Waals surface area contributed by atoms with Gasteiger partial charge in [0, 0.05) is 0 Å². The summed E-state index contributed by atoms with van der Waals surface area (Å²) in [6.45, 7) is 1.88. The molecule has 0 aromatic heterocycles. The predicted molar refractivity (Wildman–Crippen MR) is 108 cm³/mol. The Labute approximate surface area is 174 Å². The Morgan fingerprint density at radius 1 is 0.741 bits per heavy atom. The van der Waals surface area contributed by atoms with Gasteiger partial charge < -0.3 is 32.2 Å². The summed E-state index contributed by atoms with van der Waals surface area (Å²) in [5, 5.41) is 20.0. The van der Waals surface area contributed by atoms with Crippen LogP contribution in [0.1, 0.15) is 57.8 Å². The number of hydrogen-bond acceptors (Lipinski definition) is 0. The average Bonchev–Trinajstić information content (AvgIpc) is 2.70. The van der Waals surface area contributed by atoms with Crippen molar-refractivity contribution in [1.82, 2.24) is 0 Å². The Morgan fingerprint density at radius 3 is 2.07 bits per heavy atom. The zero-order valence-corrected chi connectivity index (χ0v) is 17.1. The molecule has 27 heavy (non-hydrogen) atoms. The van der Waals surface area contributed by atoms with Gasteiger partial charge in [0.1, 0.15) is 0 Å². The van der Waals surface area contributed by atoms with Crippen LogP contribution in [-0.4, -0.2) is 54.3 Å². The van der Waals surface area contributed by atoms with Crippen LogP contribution in [0.4, 0.5) is 0 Å². The largest absolute Gasteiger partial charge is 2.00 e. The maximum Gasteiger partial charge on any atom is 2.00 e. The number of allylic oxidation sites excluding steroid dienone is 2. The van der Waals surface area contributed by atoms with Gasteiger partial charge in [-0.1, -0.05) is 69.9 Å². The van der Waals surface area contributed by atoms with Crippen LogP contribution in [0.15, 0.2) is 23.9 Å². The molecule has 0 aromatic rings. The normalized spacial score (nSPS) is 36.1. The summed E-state index contributed by atoms with van der Waals surface area (Å²) >= 11 is 0. The first-order valence-corrected chi connectivity index (χ1v) is 10.0. The second-order valence-electron chi connectivity index (χ2n) is 7.71. The van der Waals surface area contributed by atoms with E-state index in [0.29, 0.717) is 30.2 Å². The second-order valence-corrected chi connectivity index (χ2v) is 7.71. The maximum absolute atomic E-state index is 5.26. The van der Waals surface area contributed by atoms with E-state index in [1.807, 2.05) is 0 Å². The Balaban J connectivity index is 0.00000121. The molecule has 5 atom stereocenters. The maximum atomic E-state index is 5.26. The molecular formula is C20H34CoN4O2-2. The van der Waals surface area contributed by atoms with Crippen molar-refractivity contribution in [2.75, 3.05) is 13.1 Å². The molecule has 4 aliphatic heterocycles. The van der Waals surface area contributed by atoms with E-state index in [2.05, 4.69) is 23.5 Å². The molecule has 6 nitrogen and oxygen atoms in total. The molecule has 0 saturated carbocycles. The Morgan fingerprint density at radius 2 is 1.41 bits per heavy atom. The zero-order chi connectivity index (χ0) is 16.2. The fourth-order valence-electron chi connectivity index (χ4n) is 4.71. The summed E-state index contributed by atoms with van der Waals surface area (Å²) in [7, 11) is 0. The molecule has 0 aromatic carbocycles. The third-order valence-electron chi connectivity index (χ3n) is 6.02. The number of hydrogen-bond donors (Lipinski definition) is 0. The van der Waals surface area contributed by atoms with Crippen LogP contribution in [0, 0.1) is 0 Å². The minimum absolute atomic E-state index is 0. The van der Waals surface area contributed by atoms with E-state index in [4.69, 9.17) is 16.0 Å². The summed E-state index contributed by atoms with van der Waals surface area (Å²) in [5.74, 6) is 0. The molecule has 1 radical (unpaired) electrons. The first-order chi connectivity index (χ1) is 11.9. The molecule has 4 rings (SSSR count). The molecule has 7 heteroatoms. The summed E-state index contributed by atoms with van der Waals surface area (Å²) in [5.41, 5.74) is 1.19. The zero-order valence-electron chi connectivity index (χ0n) is 16.0. The SMILES string of the molecule is C1=CC[N-]C(C2CCCC(C3CCCC(C4CCCC[N-]4)[N-]3)[N-]2)=C1.O.O.[Co+2]. The molecule has 0 amide bonds. The third kappa shape index (κ3) is 6.29. The summed E-state index contributed by atoms with van der Waals surface area (Å²) in [6, 6.07) is 2.13. The van der Waals surface area contributed by atoms with Gasteiger partial charge in [0.2, 0.25) is 0 Å². The fourth-order valence-corrected chi connectivity index (χ4v) is 4.71. The van der Waals surface area contributed by atoms with Gasteiger partial charge in [-0.2, -0.15) is 29.9 Å².